The van der Waals surface area contributed by atoms with Crippen LogP contribution in [0.4, 0.5) is 30.4 Å². The largest absolute Gasteiger partial charge is 0.395 e. The Kier molecular flexibility index (Phi) is 7.36. The van der Waals surface area contributed by atoms with Crippen LogP contribution < -0.4 is 14.9 Å². The smallest absolute Gasteiger partial charge is 0.256 e. The van der Waals surface area contributed by atoms with Crippen molar-refractivity contribution in [1.82, 2.24) is 4.98 Å². The van der Waals surface area contributed by atoms with E-state index in [1.807, 2.05) is 0 Å². The standard InChI is InChI=1S/C27H31F3N4O4S/c28-23-22(5-12-31-24(23)34-13-10-27(29,30)11-14-34)32-25(36)20-2-1-19(33-39(37,38)16-15-35)17-21(20)18-3-6-26(7-4-18)8-9-26/h1-3,5,12,17,33,35H,4,6-11,13-16H2,(H,31,32,36). The number of allylic oxidation sites excluding steroid dienone is 2. The number of nitrogens with one attached hydrogen (secondary N) is 2. The van der Waals surface area contributed by atoms with E-state index in [9.17, 15) is 22.0 Å². The molecule has 1 saturated carbocycles. The van der Waals surface area contributed by atoms with Crippen LogP contribution in [-0.4, -0.2) is 55.8 Å². The Morgan fingerprint density at radius 2 is 1.85 bits per heavy atom. The highest BCUT2D eigenvalue weighted by molar-refractivity contribution is 7.92. The van der Waals surface area contributed by atoms with Gasteiger partial charge < -0.3 is 15.3 Å². The molecule has 1 spiro atoms. The highest BCUT2D eigenvalue weighted by Gasteiger charge is 2.43. The number of piperidine rings is 1. The fraction of sp³-hybridized carbons (Fsp3) is 0.481. The van der Waals surface area contributed by atoms with Crippen LogP contribution in [0.1, 0.15) is 60.9 Å². The lowest BCUT2D eigenvalue weighted by Crippen LogP contribution is -2.40. The van der Waals surface area contributed by atoms with Crippen molar-refractivity contribution in [1.29, 1.82) is 0 Å². The van der Waals surface area contributed by atoms with E-state index in [0.29, 0.717) is 11.0 Å². The number of pyridine rings is 1. The molecule has 1 saturated heterocycles. The number of aliphatic hydroxyl groups is 1. The van der Waals surface area contributed by atoms with Gasteiger partial charge in [0, 0.05) is 43.4 Å². The summed E-state index contributed by atoms with van der Waals surface area (Å²) in [6.45, 7) is -0.640. The van der Waals surface area contributed by atoms with Crippen LogP contribution in [0.2, 0.25) is 0 Å². The van der Waals surface area contributed by atoms with Gasteiger partial charge in [-0.15, -0.1) is 0 Å². The molecule has 210 valence electrons. The minimum absolute atomic E-state index is 0.0538. The molecule has 0 unspecified atom stereocenters. The van der Waals surface area contributed by atoms with Gasteiger partial charge in [0.15, 0.2) is 11.6 Å². The van der Waals surface area contributed by atoms with Crippen molar-refractivity contribution in [3.8, 4) is 0 Å². The Bertz CT molecular complexity index is 1400. The first-order chi connectivity index (χ1) is 18.5. The zero-order chi connectivity index (χ0) is 27.8. The summed E-state index contributed by atoms with van der Waals surface area (Å²) in [5.74, 6) is -4.75. The van der Waals surface area contributed by atoms with Crippen LogP contribution in [0, 0.1) is 11.2 Å². The summed E-state index contributed by atoms with van der Waals surface area (Å²) in [6.07, 6.45) is 7.51. The summed E-state index contributed by atoms with van der Waals surface area (Å²) in [6, 6.07) is 5.82. The molecule has 3 N–H and O–H groups in total. The number of anilines is 3. The predicted molar refractivity (Wildman–Crippen MR) is 143 cm³/mol. The molecule has 3 aliphatic rings. The van der Waals surface area contributed by atoms with Crippen molar-refractivity contribution in [2.24, 2.45) is 5.41 Å². The SMILES string of the molecule is O=C(Nc1ccnc(N2CCC(F)(F)CC2)c1F)c1ccc(NS(=O)(=O)CCO)cc1C1=CCC2(CC1)CC2. The van der Waals surface area contributed by atoms with Gasteiger partial charge in [0.2, 0.25) is 10.0 Å². The Labute approximate surface area is 225 Å². The van der Waals surface area contributed by atoms with Crippen LogP contribution in [0.5, 0.6) is 0 Å². The van der Waals surface area contributed by atoms with Gasteiger partial charge in [0.25, 0.3) is 11.8 Å². The van der Waals surface area contributed by atoms with Gasteiger partial charge in [-0.1, -0.05) is 6.08 Å². The molecular weight excluding hydrogens is 533 g/mol. The average molecular weight is 565 g/mol. The van der Waals surface area contributed by atoms with Gasteiger partial charge >= 0.3 is 0 Å². The lowest BCUT2D eigenvalue weighted by Gasteiger charge is -2.32. The number of halogens is 3. The van der Waals surface area contributed by atoms with E-state index in [2.05, 4.69) is 21.1 Å². The highest BCUT2D eigenvalue weighted by atomic mass is 32.2. The molecular formula is C27H31F3N4O4S. The molecule has 8 nitrogen and oxygen atoms in total. The molecule has 39 heavy (non-hydrogen) atoms. The number of hydrogen-bond acceptors (Lipinski definition) is 6. The first-order valence-electron chi connectivity index (χ1n) is 13.0. The number of carbonyl (C=O) groups excluding carboxylic acids is 1. The summed E-state index contributed by atoms with van der Waals surface area (Å²) in [4.78, 5) is 18.9. The summed E-state index contributed by atoms with van der Waals surface area (Å²) >= 11 is 0. The molecule has 2 heterocycles. The van der Waals surface area contributed by atoms with E-state index in [1.54, 1.807) is 6.07 Å². The van der Waals surface area contributed by atoms with Gasteiger partial charge in [-0.25, -0.2) is 26.6 Å². The predicted octanol–water partition coefficient (Wildman–Crippen LogP) is 4.79. The molecule has 2 fully saturated rings. The van der Waals surface area contributed by atoms with Crippen molar-refractivity contribution in [3.05, 3.63) is 53.5 Å². The highest BCUT2D eigenvalue weighted by Crippen LogP contribution is 2.56. The quantitative estimate of drug-likeness (QED) is 0.425. The van der Waals surface area contributed by atoms with Gasteiger partial charge in [-0.3, -0.25) is 9.52 Å². The second kappa shape index (κ2) is 10.5. The third-order valence-corrected chi connectivity index (χ3v) is 9.09. The molecule has 0 bridgehead atoms. The average Bonchev–Trinajstić information content (AvgIpc) is 3.64. The summed E-state index contributed by atoms with van der Waals surface area (Å²) in [7, 11) is -3.78. The lowest BCUT2D eigenvalue weighted by atomic mass is 9.83. The van der Waals surface area contributed by atoms with Gasteiger partial charge in [-0.05, 0) is 72.9 Å². The third kappa shape index (κ3) is 6.22. The molecule has 2 aliphatic carbocycles. The maximum atomic E-state index is 15.4. The van der Waals surface area contributed by atoms with E-state index in [0.717, 1.165) is 24.8 Å². The molecule has 12 heteroatoms. The van der Waals surface area contributed by atoms with E-state index < -0.39 is 52.9 Å². The number of aromatic nitrogens is 1. The third-order valence-electron chi connectivity index (χ3n) is 7.82. The summed E-state index contributed by atoms with van der Waals surface area (Å²) in [5, 5.41) is 11.6. The number of sulfonamides is 1. The fourth-order valence-electron chi connectivity index (χ4n) is 5.23. The molecule has 1 aromatic heterocycles. The van der Waals surface area contributed by atoms with E-state index in [-0.39, 0.29) is 35.8 Å². The maximum Gasteiger partial charge on any atom is 0.256 e. The van der Waals surface area contributed by atoms with Crippen LogP contribution in [0.15, 0.2) is 36.5 Å². The number of benzene rings is 1. The van der Waals surface area contributed by atoms with Crippen molar-refractivity contribution in [3.63, 3.8) is 0 Å². The fourth-order valence-corrected chi connectivity index (χ4v) is 6.05. The molecule has 1 aromatic carbocycles. The number of aliphatic hydroxyl groups excluding tert-OH is 1. The summed E-state index contributed by atoms with van der Waals surface area (Å²) in [5.41, 5.74) is 2.15. The molecule has 1 aliphatic heterocycles. The summed E-state index contributed by atoms with van der Waals surface area (Å²) < 4.78 is 69.4. The van der Waals surface area contributed by atoms with Crippen LogP contribution >= 0.6 is 0 Å². The Morgan fingerprint density at radius 3 is 2.49 bits per heavy atom. The van der Waals surface area contributed by atoms with Crippen LogP contribution in [0.25, 0.3) is 5.57 Å². The number of alkyl halides is 2. The number of carbonyl (C=O) groups is 1. The minimum Gasteiger partial charge on any atom is -0.395 e. The Hall–Kier alpha value is -3.12. The van der Waals surface area contributed by atoms with Crippen LogP contribution in [-0.2, 0) is 10.0 Å². The lowest BCUT2D eigenvalue weighted by molar-refractivity contribution is -0.0222. The van der Waals surface area contributed by atoms with E-state index in [1.165, 1.54) is 42.1 Å². The topological polar surface area (TPSA) is 112 Å². The van der Waals surface area contributed by atoms with Crippen LogP contribution in [0.3, 0.4) is 0 Å². The first-order valence-corrected chi connectivity index (χ1v) is 14.7. The van der Waals surface area contributed by atoms with Crippen molar-refractivity contribution in [2.75, 3.05) is 40.4 Å². The zero-order valence-corrected chi connectivity index (χ0v) is 22.2. The normalized spacial score (nSPS) is 19.9. The second-order valence-electron chi connectivity index (χ2n) is 10.6. The number of rotatable bonds is 8. The van der Waals surface area contributed by atoms with E-state index in [4.69, 9.17) is 5.11 Å². The number of hydrogen-bond donors (Lipinski definition) is 3. The van der Waals surface area contributed by atoms with Crippen molar-refractivity contribution in [2.45, 2.75) is 50.9 Å². The van der Waals surface area contributed by atoms with Gasteiger partial charge in [-0.2, -0.15) is 0 Å². The number of nitrogens with zero attached hydrogens (tertiary/aromatic N) is 2. The van der Waals surface area contributed by atoms with Crippen molar-refractivity contribution >= 4 is 38.7 Å². The van der Waals surface area contributed by atoms with E-state index >= 15 is 4.39 Å². The first kappa shape index (κ1) is 27.4. The van der Waals surface area contributed by atoms with Gasteiger partial charge in [0.05, 0.1) is 18.0 Å². The monoisotopic (exact) mass is 564 g/mol. The van der Waals surface area contributed by atoms with Gasteiger partial charge in [0.1, 0.15) is 0 Å². The minimum atomic E-state index is -3.78. The molecule has 1 amide bonds. The Balaban J connectivity index is 1.42. The maximum absolute atomic E-state index is 15.4. The zero-order valence-electron chi connectivity index (χ0n) is 21.4. The Morgan fingerprint density at radius 1 is 1.10 bits per heavy atom. The van der Waals surface area contributed by atoms with Crippen molar-refractivity contribution < 1.29 is 31.5 Å². The second-order valence-corrected chi connectivity index (χ2v) is 12.5. The number of amides is 1. The molecule has 0 radical (unpaired) electrons. The molecule has 2 aromatic rings. The molecule has 0 atom stereocenters. The molecule has 5 rings (SSSR count).